The van der Waals surface area contributed by atoms with Crippen molar-refractivity contribution >= 4 is 12.0 Å². The first-order valence-electron chi connectivity index (χ1n) is 6.53. The van der Waals surface area contributed by atoms with Crippen LogP contribution >= 0.6 is 0 Å². The molecule has 2 amide bonds. The second-order valence-corrected chi connectivity index (χ2v) is 4.62. The summed E-state index contributed by atoms with van der Waals surface area (Å²) in [4.78, 5) is 26.2. The molecule has 0 aliphatic heterocycles. The van der Waals surface area contributed by atoms with Crippen molar-refractivity contribution in [2.75, 3.05) is 20.1 Å². The number of aromatic carboxylic acids is 1. The van der Waals surface area contributed by atoms with Gasteiger partial charge in [-0.3, -0.25) is 0 Å². The lowest BCUT2D eigenvalue weighted by Gasteiger charge is -2.26. The SMILES string of the molecule is C=CCN(CC=C)C(=O)N(C)Cc1ccc(C(=O)O)cc1. The van der Waals surface area contributed by atoms with Crippen molar-refractivity contribution in [1.82, 2.24) is 9.80 Å². The molecule has 1 aromatic carbocycles. The van der Waals surface area contributed by atoms with E-state index < -0.39 is 5.97 Å². The molecular weight excluding hydrogens is 268 g/mol. The Morgan fingerprint density at radius 2 is 1.67 bits per heavy atom. The molecular formula is C16H20N2O3. The van der Waals surface area contributed by atoms with Gasteiger partial charge in [0.25, 0.3) is 0 Å². The maximum absolute atomic E-state index is 12.3. The van der Waals surface area contributed by atoms with E-state index in [-0.39, 0.29) is 11.6 Å². The predicted molar refractivity (Wildman–Crippen MR) is 82.2 cm³/mol. The Morgan fingerprint density at radius 1 is 1.14 bits per heavy atom. The normalized spacial score (nSPS) is 9.76. The van der Waals surface area contributed by atoms with E-state index in [0.717, 1.165) is 5.56 Å². The Labute approximate surface area is 124 Å². The minimum atomic E-state index is -0.964. The molecule has 0 bridgehead atoms. The van der Waals surface area contributed by atoms with E-state index in [1.54, 1.807) is 41.1 Å². The number of carboxylic acids is 1. The lowest BCUT2D eigenvalue weighted by Crippen LogP contribution is -2.41. The molecule has 0 heterocycles. The van der Waals surface area contributed by atoms with E-state index in [0.29, 0.717) is 19.6 Å². The van der Waals surface area contributed by atoms with Gasteiger partial charge in [0.1, 0.15) is 0 Å². The molecule has 0 radical (unpaired) electrons. The zero-order valence-corrected chi connectivity index (χ0v) is 12.2. The number of hydrogen-bond donors (Lipinski definition) is 1. The van der Waals surface area contributed by atoms with Crippen molar-refractivity contribution in [3.63, 3.8) is 0 Å². The number of amides is 2. The monoisotopic (exact) mass is 288 g/mol. The van der Waals surface area contributed by atoms with Crippen LogP contribution < -0.4 is 0 Å². The van der Waals surface area contributed by atoms with E-state index >= 15 is 0 Å². The van der Waals surface area contributed by atoms with Crippen molar-refractivity contribution < 1.29 is 14.7 Å². The average molecular weight is 288 g/mol. The van der Waals surface area contributed by atoms with Gasteiger partial charge < -0.3 is 14.9 Å². The van der Waals surface area contributed by atoms with Crippen LogP contribution in [-0.2, 0) is 6.54 Å². The number of urea groups is 1. The van der Waals surface area contributed by atoms with Gasteiger partial charge in [0.05, 0.1) is 5.56 Å². The summed E-state index contributed by atoms with van der Waals surface area (Å²) < 4.78 is 0. The minimum absolute atomic E-state index is 0.128. The topological polar surface area (TPSA) is 60.9 Å². The second-order valence-electron chi connectivity index (χ2n) is 4.62. The van der Waals surface area contributed by atoms with Crippen molar-refractivity contribution in [3.05, 3.63) is 60.7 Å². The molecule has 0 aliphatic carbocycles. The lowest BCUT2D eigenvalue weighted by atomic mass is 10.1. The summed E-state index contributed by atoms with van der Waals surface area (Å²) in [6.45, 7) is 8.57. The Balaban J connectivity index is 2.72. The highest BCUT2D eigenvalue weighted by atomic mass is 16.4. The number of carboxylic acid groups (broad SMARTS) is 1. The molecule has 0 saturated carbocycles. The molecule has 5 heteroatoms. The standard InChI is InChI=1S/C16H20N2O3/c1-4-10-18(11-5-2)16(21)17(3)12-13-6-8-14(9-7-13)15(19)20/h4-9H,1-2,10-12H2,3H3,(H,19,20). The van der Waals surface area contributed by atoms with Gasteiger partial charge >= 0.3 is 12.0 Å². The van der Waals surface area contributed by atoms with Crippen molar-refractivity contribution in [1.29, 1.82) is 0 Å². The van der Waals surface area contributed by atoms with Gasteiger partial charge in [0, 0.05) is 26.7 Å². The fraction of sp³-hybridized carbons (Fsp3) is 0.250. The molecule has 0 spiro atoms. The number of carbonyl (C=O) groups excluding carboxylic acids is 1. The maximum Gasteiger partial charge on any atom is 0.335 e. The molecule has 1 N–H and O–H groups in total. The van der Waals surface area contributed by atoms with E-state index in [9.17, 15) is 9.59 Å². The zero-order valence-electron chi connectivity index (χ0n) is 12.2. The van der Waals surface area contributed by atoms with Crippen LogP contribution in [0.3, 0.4) is 0 Å². The molecule has 0 atom stereocenters. The van der Waals surface area contributed by atoms with Crippen molar-refractivity contribution in [2.45, 2.75) is 6.54 Å². The van der Waals surface area contributed by atoms with Gasteiger partial charge in [-0.05, 0) is 17.7 Å². The first-order chi connectivity index (χ1) is 9.99. The van der Waals surface area contributed by atoms with Gasteiger partial charge in [-0.25, -0.2) is 9.59 Å². The molecule has 0 aromatic heterocycles. The Kier molecular flexibility index (Phi) is 6.20. The number of benzene rings is 1. The van der Waals surface area contributed by atoms with E-state index in [2.05, 4.69) is 13.2 Å². The van der Waals surface area contributed by atoms with Crippen LogP contribution in [0.1, 0.15) is 15.9 Å². The molecule has 21 heavy (non-hydrogen) atoms. The summed E-state index contributed by atoms with van der Waals surface area (Å²) in [5.74, 6) is -0.964. The average Bonchev–Trinajstić information content (AvgIpc) is 2.46. The molecule has 112 valence electrons. The summed E-state index contributed by atoms with van der Waals surface area (Å²) in [5.41, 5.74) is 1.10. The van der Waals surface area contributed by atoms with Crippen LogP contribution in [-0.4, -0.2) is 47.0 Å². The molecule has 5 nitrogen and oxygen atoms in total. The summed E-state index contributed by atoms with van der Waals surface area (Å²) >= 11 is 0. The molecule has 0 aliphatic rings. The van der Waals surface area contributed by atoms with Crippen molar-refractivity contribution in [2.24, 2.45) is 0 Å². The van der Waals surface area contributed by atoms with E-state index in [1.165, 1.54) is 12.1 Å². The quantitative estimate of drug-likeness (QED) is 0.785. The zero-order chi connectivity index (χ0) is 15.8. The van der Waals surface area contributed by atoms with E-state index in [1.807, 2.05) is 0 Å². The van der Waals surface area contributed by atoms with Crippen LogP contribution in [0.15, 0.2) is 49.6 Å². The summed E-state index contributed by atoms with van der Waals surface area (Å²) in [5, 5.41) is 8.85. The van der Waals surface area contributed by atoms with Crippen LogP contribution in [0, 0.1) is 0 Å². The number of carbonyl (C=O) groups is 2. The van der Waals surface area contributed by atoms with Crippen LogP contribution in [0.2, 0.25) is 0 Å². The molecule has 1 rings (SSSR count). The minimum Gasteiger partial charge on any atom is -0.478 e. The third-order valence-electron chi connectivity index (χ3n) is 2.92. The fourth-order valence-electron chi connectivity index (χ4n) is 1.88. The predicted octanol–water partition coefficient (Wildman–Crippen LogP) is 2.61. The van der Waals surface area contributed by atoms with Crippen LogP contribution in [0.4, 0.5) is 4.79 Å². The fourth-order valence-corrected chi connectivity index (χ4v) is 1.88. The van der Waals surface area contributed by atoms with Gasteiger partial charge in [0.15, 0.2) is 0 Å². The number of nitrogens with zero attached hydrogens (tertiary/aromatic N) is 2. The highest BCUT2D eigenvalue weighted by Crippen LogP contribution is 2.08. The number of rotatable bonds is 7. The van der Waals surface area contributed by atoms with Crippen LogP contribution in [0.25, 0.3) is 0 Å². The highest BCUT2D eigenvalue weighted by molar-refractivity contribution is 5.87. The largest absolute Gasteiger partial charge is 0.478 e. The Morgan fingerprint density at radius 3 is 2.10 bits per heavy atom. The second kappa shape index (κ2) is 7.89. The van der Waals surface area contributed by atoms with Gasteiger partial charge in [-0.2, -0.15) is 0 Å². The smallest absolute Gasteiger partial charge is 0.335 e. The molecule has 0 unspecified atom stereocenters. The first kappa shape index (κ1) is 16.5. The lowest BCUT2D eigenvalue weighted by molar-refractivity contribution is 0.0697. The third kappa shape index (κ3) is 4.80. The summed E-state index contributed by atoms with van der Waals surface area (Å²) in [6, 6.07) is 6.34. The Hall–Kier alpha value is -2.56. The molecule has 0 fully saturated rings. The summed E-state index contributed by atoms with van der Waals surface area (Å²) in [6.07, 6.45) is 3.33. The number of hydrogen-bond acceptors (Lipinski definition) is 2. The van der Waals surface area contributed by atoms with Gasteiger partial charge in [-0.15, -0.1) is 13.2 Å². The maximum atomic E-state index is 12.3. The highest BCUT2D eigenvalue weighted by Gasteiger charge is 2.16. The van der Waals surface area contributed by atoms with Crippen LogP contribution in [0.5, 0.6) is 0 Å². The Bertz CT molecular complexity index is 513. The first-order valence-corrected chi connectivity index (χ1v) is 6.53. The van der Waals surface area contributed by atoms with Crippen molar-refractivity contribution in [3.8, 4) is 0 Å². The van der Waals surface area contributed by atoms with Gasteiger partial charge in [-0.1, -0.05) is 24.3 Å². The third-order valence-corrected chi connectivity index (χ3v) is 2.92. The molecule has 0 saturated heterocycles. The summed E-state index contributed by atoms with van der Waals surface area (Å²) in [7, 11) is 1.70. The van der Waals surface area contributed by atoms with E-state index in [4.69, 9.17) is 5.11 Å². The molecule has 1 aromatic rings. The van der Waals surface area contributed by atoms with Gasteiger partial charge in [0.2, 0.25) is 0 Å².